The molecule has 1 aliphatic carbocycles. The summed E-state index contributed by atoms with van der Waals surface area (Å²) < 4.78 is 5.84. The largest absolute Gasteiger partial charge is 0.465 e. The van der Waals surface area contributed by atoms with Gasteiger partial charge < -0.3 is 14.5 Å². The molecule has 5 heteroatoms. The molecule has 3 rings (SSSR count). The predicted molar refractivity (Wildman–Crippen MR) is 102 cm³/mol. The molecule has 0 bridgehead atoms. The molecule has 5 nitrogen and oxygen atoms in total. The van der Waals surface area contributed by atoms with Crippen molar-refractivity contribution in [1.29, 1.82) is 0 Å². The molecule has 2 aliphatic rings. The molecule has 1 saturated carbocycles. The number of anilines is 1. The summed E-state index contributed by atoms with van der Waals surface area (Å²) >= 11 is 0. The molecule has 142 valence electrons. The van der Waals surface area contributed by atoms with Gasteiger partial charge in [0, 0.05) is 25.7 Å². The standard InChI is InChI=1S/C21H30N2O3/c1-5-23(11-6-7-12-23)21(9-8-10-21)20(25)22-18-16(3)13-15(2)14-17(18)19(24)26-4/h13-14H,5-12H2,1-4H3/p+1. The molecule has 1 aliphatic heterocycles. The molecule has 1 N–H and O–H groups in total. The molecule has 0 atom stereocenters. The first-order valence-electron chi connectivity index (χ1n) is 9.76. The first-order valence-corrected chi connectivity index (χ1v) is 9.76. The number of aryl methyl sites for hydroxylation is 2. The molecule has 1 amide bonds. The lowest BCUT2D eigenvalue weighted by molar-refractivity contribution is -0.960. The van der Waals surface area contributed by atoms with E-state index in [1.54, 1.807) is 6.07 Å². The number of benzene rings is 1. The molecule has 1 heterocycles. The van der Waals surface area contributed by atoms with Crippen LogP contribution >= 0.6 is 0 Å². The number of methoxy groups -OCH3 is 1. The molecular weight excluding hydrogens is 328 g/mol. The average molecular weight is 359 g/mol. The summed E-state index contributed by atoms with van der Waals surface area (Å²) in [5.41, 5.74) is 2.59. The third-order valence-electron chi connectivity index (χ3n) is 6.66. The number of likely N-dealkylation sites (N-methyl/N-ethyl adjacent to an activating group) is 1. The van der Waals surface area contributed by atoms with Crippen LogP contribution in [0.25, 0.3) is 0 Å². The van der Waals surface area contributed by atoms with Gasteiger partial charge in [0.2, 0.25) is 0 Å². The molecule has 2 fully saturated rings. The second kappa shape index (κ2) is 7.03. The van der Waals surface area contributed by atoms with Crippen LogP contribution in [0.4, 0.5) is 5.69 Å². The van der Waals surface area contributed by atoms with Crippen molar-refractivity contribution >= 4 is 17.6 Å². The normalized spacial score (nSPS) is 20.3. The van der Waals surface area contributed by atoms with Gasteiger partial charge in [-0.3, -0.25) is 4.79 Å². The van der Waals surface area contributed by atoms with Gasteiger partial charge in [-0.1, -0.05) is 6.07 Å². The van der Waals surface area contributed by atoms with Crippen LogP contribution in [0, 0.1) is 13.8 Å². The Morgan fingerprint density at radius 1 is 1.15 bits per heavy atom. The Kier molecular flexibility index (Phi) is 5.11. The topological polar surface area (TPSA) is 55.4 Å². The number of esters is 1. The quantitative estimate of drug-likeness (QED) is 0.646. The highest BCUT2D eigenvalue weighted by molar-refractivity contribution is 6.05. The molecule has 0 spiro atoms. The van der Waals surface area contributed by atoms with Crippen LogP contribution in [-0.4, -0.2) is 48.6 Å². The van der Waals surface area contributed by atoms with Crippen LogP contribution in [0.15, 0.2) is 12.1 Å². The Balaban J connectivity index is 1.96. The maximum absolute atomic E-state index is 13.5. The van der Waals surface area contributed by atoms with Crippen LogP contribution < -0.4 is 5.32 Å². The number of amides is 1. The van der Waals surface area contributed by atoms with E-state index in [1.807, 2.05) is 19.9 Å². The molecule has 0 radical (unpaired) electrons. The smallest absolute Gasteiger partial charge is 0.339 e. The van der Waals surface area contributed by atoms with Crippen LogP contribution in [0.5, 0.6) is 0 Å². The zero-order chi connectivity index (χ0) is 18.9. The summed E-state index contributed by atoms with van der Waals surface area (Å²) in [4.78, 5) is 25.7. The number of likely N-dealkylation sites (tertiary alicyclic amines) is 1. The lowest BCUT2D eigenvalue weighted by Gasteiger charge is -2.54. The minimum Gasteiger partial charge on any atom is -0.465 e. The Hall–Kier alpha value is -1.88. The van der Waals surface area contributed by atoms with E-state index in [4.69, 9.17) is 4.74 Å². The lowest BCUT2D eigenvalue weighted by Crippen LogP contribution is -2.71. The molecule has 0 unspecified atom stereocenters. The van der Waals surface area contributed by atoms with Gasteiger partial charge in [0.1, 0.15) is 0 Å². The van der Waals surface area contributed by atoms with Gasteiger partial charge in [-0.25, -0.2) is 4.79 Å². The fraction of sp³-hybridized carbons (Fsp3) is 0.619. The molecule has 26 heavy (non-hydrogen) atoms. The molecular formula is C21H31N2O3+. The van der Waals surface area contributed by atoms with Crippen molar-refractivity contribution in [3.63, 3.8) is 0 Å². The van der Waals surface area contributed by atoms with Crippen molar-refractivity contribution < 1.29 is 18.8 Å². The Labute approximate surface area is 156 Å². The third kappa shape index (κ3) is 2.82. The molecule has 1 saturated heterocycles. The highest BCUT2D eigenvalue weighted by Crippen LogP contribution is 2.46. The minimum atomic E-state index is -0.407. The van der Waals surface area contributed by atoms with Crippen molar-refractivity contribution in [3.05, 3.63) is 28.8 Å². The number of carbonyl (C=O) groups is 2. The first-order chi connectivity index (χ1) is 12.4. The van der Waals surface area contributed by atoms with E-state index >= 15 is 0 Å². The van der Waals surface area contributed by atoms with Gasteiger partial charge >= 0.3 is 5.97 Å². The SMILES string of the molecule is CC[N+]1(C2(C(=O)Nc3c(C)cc(C)cc3C(=O)OC)CCC2)CCCC1. The van der Waals surface area contributed by atoms with Gasteiger partial charge in [-0.2, -0.15) is 0 Å². The zero-order valence-electron chi connectivity index (χ0n) is 16.5. The maximum atomic E-state index is 13.5. The highest BCUT2D eigenvalue weighted by atomic mass is 16.5. The number of hydrogen-bond acceptors (Lipinski definition) is 3. The summed E-state index contributed by atoms with van der Waals surface area (Å²) in [6, 6.07) is 3.79. The van der Waals surface area contributed by atoms with E-state index < -0.39 is 5.97 Å². The number of hydrogen-bond donors (Lipinski definition) is 1. The van der Waals surface area contributed by atoms with Gasteiger partial charge in [0.15, 0.2) is 5.54 Å². The number of rotatable bonds is 5. The van der Waals surface area contributed by atoms with Gasteiger partial charge in [0.25, 0.3) is 5.91 Å². The van der Waals surface area contributed by atoms with Crippen LogP contribution in [0.3, 0.4) is 0 Å². The lowest BCUT2D eigenvalue weighted by atomic mass is 9.72. The Morgan fingerprint density at radius 3 is 2.31 bits per heavy atom. The number of nitrogens with one attached hydrogen (secondary N) is 1. The summed E-state index contributed by atoms with van der Waals surface area (Å²) in [5, 5.41) is 3.14. The van der Waals surface area contributed by atoms with Crippen molar-refractivity contribution in [2.75, 3.05) is 32.1 Å². The Bertz CT molecular complexity index is 716. The van der Waals surface area contributed by atoms with E-state index in [0.29, 0.717) is 11.3 Å². The minimum absolute atomic E-state index is 0.0737. The van der Waals surface area contributed by atoms with Crippen molar-refractivity contribution in [1.82, 2.24) is 0 Å². The first kappa shape index (κ1) is 18.9. The second-order valence-corrected chi connectivity index (χ2v) is 7.95. The van der Waals surface area contributed by atoms with Gasteiger partial charge in [0.05, 0.1) is 38.0 Å². The number of quaternary nitrogens is 1. The van der Waals surface area contributed by atoms with E-state index in [-0.39, 0.29) is 11.4 Å². The van der Waals surface area contributed by atoms with E-state index in [9.17, 15) is 9.59 Å². The van der Waals surface area contributed by atoms with Crippen molar-refractivity contribution in [2.24, 2.45) is 0 Å². The number of carbonyl (C=O) groups excluding carboxylic acids is 2. The van der Waals surface area contributed by atoms with Crippen LogP contribution in [0.1, 0.15) is 60.5 Å². The Morgan fingerprint density at radius 2 is 1.81 bits per heavy atom. The fourth-order valence-electron chi connectivity index (χ4n) is 5.05. The van der Waals surface area contributed by atoms with E-state index in [0.717, 1.165) is 54.5 Å². The van der Waals surface area contributed by atoms with Crippen molar-refractivity contribution in [2.45, 2.75) is 58.4 Å². The van der Waals surface area contributed by atoms with Crippen LogP contribution in [0.2, 0.25) is 0 Å². The molecule has 1 aromatic carbocycles. The van der Waals surface area contributed by atoms with Crippen LogP contribution in [-0.2, 0) is 9.53 Å². The maximum Gasteiger partial charge on any atom is 0.339 e. The zero-order valence-corrected chi connectivity index (χ0v) is 16.5. The highest BCUT2D eigenvalue weighted by Gasteiger charge is 2.60. The fourth-order valence-corrected chi connectivity index (χ4v) is 5.05. The summed E-state index contributed by atoms with van der Waals surface area (Å²) in [6.45, 7) is 9.24. The number of ether oxygens (including phenoxy) is 1. The predicted octanol–water partition coefficient (Wildman–Crippen LogP) is 3.58. The van der Waals surface area contributed by atoms with Crippen molar-refractivity contribution in [3.8, 4) is 0 Å². The van der Waals surface area contributed by atoms with Gasteiger partial charge in [-0.05, 0) is 44.4 Å². The van der Waals surface area contributed by atoms with E-state index in [2.05, 4.69) is 12.2 Å². The summed E-state index contributed by atoms with van der Waals surface area (Å²) in [6.07, 6.45) is 5.36. The van der Waals surface area contributed by atoms with E-state index in [1.165, 1.54) is 20.0 Å². The molecule has 1 aromatic rings. The average Bonchev–Trinajstić information content (AvgIpc) is 3.05. The second-order valence-electron chi connectivity index (χ2n) is 7.95. The third-order valence-corrected chi connectivity index (χ3v) is 6.66. The summed E-state index contributed by atoms with van der Waals surface area (Å²) in [7, 11) is 1.38. The monoisotopic (exact) mass is 359 g/mol. The number of nitrogens with zero attached hydrogens (tertiary/aromatic N) is 1. The van der Waals surface area contributed by atoms with Gasteiger partial charge in [-0.15, -0.1) is 0 Å². The molecule has 0 aromatic heterocycles. The summed E-state index contributed by atoms with van der Waals surface area (Å²) in [5.74, 6) is -0.333.